The van der Waals surface area contributed by atoms with Crippen LogP contribution in [0.5, 0.6) is 0 Å². The molecule has 0 saturated heterocycles. The van der Waals surface area contributed by atoms with Gasteiger partial charge in [0.2, 0.25) is 5.91 Å². The fraction of sp³-hybridized carbons (Fsp3) is 0.214. The van der Waals surface area contributed by atoms with Crippen molar-refractivity contribution in [3.05, 3.63) is 52.6 Å². The molecule has 0 atom stereocenters. The Morgan fingerprint density at radius 2 is 2.14 bits per heavy atom. The molecule has 0 spiro atoms. The Morgan fingerprint density at radius 1 is 1.33 bits per heavy atom. The Morgan fingerprint density at radius 3 is 2.71 bits per heavy atom. The maximum Gasteiger partial charge on any atom is 0.406 e. The molecule has 0 saturated carbocycles. The molecule has 21 heavy (non-hydrogen) atoms. The van der Waals surface area contributed by atoms with Gasteiger partial charge in [-0.15, -0.1) is 11.3 Å². The molecule has 3 nitrogen and oxygen atoms in total. The van der Waals surface area contributed by atoms with E-state index in [-0.39, 0.29) is 6.54 Å². The normalized spacial score (nSPS) is 12.0. The lowest BCUT2D eigenvalue weighted by atomic mass is 10.3. The van der Waals surface area contributed by atoms with Crippen molar-refractivity contribution in [2.75, 3.05) is 6.54 Å². The number of thiophene rings is 1. The van der Waals surface area contributed by atoms with E-state index in [1.165, 1.54) is 29.7 Å². The topological polar surface area (TPSA) is 33.5 Å². The van der Waals surface area contributed by atoms with Crippen molar-refractivity contribution >= 4 is 23.3 Å². The zero-order valence-electron chi connectivity index (χ0n) is 10.8. The maximum atomic E-state index is 12.6. The summed E-state index contributed by atoms with van der Waals surface area (Å²) in [5.41, 5.74) is 0. The molecule has 0 bridgehead atoms. The van der Waals surface area contributed by atoms with Crippen LogP contribution in [0.25, 0.3) is 6.08 Å². The van der Waals surface area contributed by atoms with E-state index in [4.69, 9.17) is 4.42 Å². The molecular formula is C14H12F3NO2S. The zero-order chi connectivity index (χ0) is 15.3. The van der Waals surface area contributed by atoms with Gasteiger partial charge < -0.3 is 9.32 Å². The Kier molecular flexibility index (Phi) is 4.85. The number of alkyl halides is 3. The summed E-state index contributed by atoms with van der Waals surface area (Å²) >= 11 is 1.40. The van der Waals surface area contributed by atoms with Crippen LogP contribution in [0, 0.1) is 0 Å². The van der Waals surface area contributed by atoms with Crippen LogP contribution in [0.4, 0.5) is 13.2 Å². The second-order valence-electron chi connectivity index (χ2n) is 4.24. The van der Waals surface area contributed by atoms with Gasteiger partial charge in [0.05, 0.1) is 12.8 Å². The summed E-state index contributed by atoms with van der Waals surface area (Å²) in [6.07, 6.45) is -0.467. The summed E-state index contributed by atoms with van der Waals surface area (Å²) < 4.78 is 42.7. The zero-order valence-corrected chi connectivity index (χ0v) is 11.7. The molecule has 7 heteroatoms. The largest absolute Gasteiger partial charge is 0.467 e. The molecule has 2 aromatic rings. The van der Waals surface area contributed by atoms with E-state index in [1.54, 1.807) is 18.2 Å². The van der Waals surface area contributed by atoms with E-state index < -0.39 is 18.6 Å². The van der Waals surface area contributed by atoms with Crippen molar-refractivity contribution < 1.29 is 22.4 Å². The van der Waals surface area contributed by atoms with Crippen molar-refractivity contribution in [2.45, 2.75) is 12.7 Å². The molecule has 112 valence electrons. The Labute approximate surface area is 123 Å². The molecule has 0 aliphatic carbocycles. The van der Waals surface area contributed by atoms with Gasteiger partial charge >= 0.3 is 6.18 Å². The maximum absolute atomic E-state index is 12.6. The van der Waals surface area contributed by atoms with Gasteiger partial charge in [-0.2, -0.15) is 13.2 Å². The number of rotatable bonds is 5. The lowest BCUT2D eigenvalue weighted by molar-refractivity contribution is -0.159. The molecule has 0 aliphatic heterocycles. The highest BCUT2D eigenvalue weighted by Crippen LogP contribution is 2.19. The third kappa shape index (κ3) is 5.11. The van der Waals surface area contributed by atoms with Gasteiger partial charge in [-0.3, -0.25) is 4.79 Å². The molecule has 2 rings (SSSR count). The van der Waals surface area contributed by atoms with Crippen LogP contribution < -0.4 is 0 Å². The summed E-state index contributed by atoms with van der Waals surface area (Å²) in [5, 5.41) is 1.82. The molecule has 0 aliphatic rings. The van der Waals surface area contributed by atoms with Crippen LogP contribution in [0.1, 0.15) is 10.6 Å². The van der Waals surface area contributed by atoms with Crippen molar-refractivity contribution in [3.8, 4) is 0 Å². The highest BCUT2D eigenvalue weighted by atomic mass is 32.1. The predicted molar refractivity (Wildman–Crippen MR) is 73.5 cm³/mol. The summed E-state index contributed by atoms with van der Waals surface area (Å²) in [6.45, 7) is -1.54. The Balaban J connectivity index is 2.08. The van der Waals surface area contributed by atoms with Crippen LogP contribution in [0.15, 0.2) is 46.4 Å². The highest BCUT2D eigenvalue weighted by molar-refractivity contribution is 7.10. The van der Waals surface area contributed by atoms with Gasteiger partial charge in [0.25, 0.3) is 0 Å². The van der Waals surface area contributed by atoms with E-state index in [0.29, 0.717) is 10.7 Å². The third-order valence-electron chi connectivity index (χ3n) is 2.54. The average Bonchev–Trinajstić information content (AvgIpc) is 3.06. The van der Waals surface area contributed by atoms with E-state index in [1.807, 2.05) is 5.38 Å². The Bertz CT molecular complexity index is 588. The number of hydrogen-bond donors (Lipinski definition) is 0. The Hall–Kier alpha value is -2.02. The van der Waals surface area contributed by atoms with Gasteiger partial charge in [0.15, 0.2) is 0 Å². The van der Waals surface area contributed by atoms with Crippen molar-refractivity contribution in [3.63, 3.8) is 0 Å². The minimum atomic E-state index is -4.46. The number of carbonyl (C=O) groups is 1. The molecule has 0 aromatic carbocycles. The first-order chi connectivity index (χ1) is 9.94. The number of halogens is 3. The van der Waals surface area contributed by atoms with E-state index in [2.05, 4.69) is 0 Å². The lowest BCUT2D eigenvalue weighted by Crippen LogP contribution is -2.37. The average molecular weight is 315 g/mol. The smallest absolute Gasteiger partial charge is 0.406 e. The number of furan rings is 1. The molecule has 2 aromatic heterocycles. The summed E-state index contributed by atoms with van der Waals surface area (Å²) in [7, 11) is 0. The van der Waals surface area contributed by atoms with E-state index >= 15 is 0 Å². The quantitative estimate of drug-likeness (QED) is 0.783. The number of carbonyl (C=O) groups excluding carboxylic acids is 1. The van der Waals surface area contributed by atoms with Crippen molar-refractivity contribution in [2.24, 2.45) is 0 Å². The van der Waals surface area contributed by atoms with Gasteiger partial charge in [0, 0.05) is 11.0 Å². The SMILES string of the molecule is O=C(/C=C\c1cccs1)N(Cc1ccco1)CC(F)(F)F. The fourth-order valence-electron chi connectivity index (χ4n) is 1.66. The number of nitrogens with zero attached hydrogens (tertiary/aromatic N) is 1. The first-order valence-corrected chi connectivity index (χ1v) is 6.91. The van der Waals surface area contributed by atoms with Gasteiger partial charge in [0.1, 0.15) is 12.3 Å². The standard InChI is InChI=1S/C14H12F3NO2S/c15-14(16,17)10-18(9-11-3-1-7-20-11)13(19)6-5-12-4-2-8-21-12/h1-8H,9-10H2/b6-5-. The van der Waals surface area contributed by atoms with Gasteiger partial charge in [-0.05, 0) is 29.7 Å². The lowest BCUT2D eigenvalue weighted by Gasteiger charge is -2.21. The van der Waals surface area contributed by atoms with Crippen LogP contribution in [0.2, 0.25) is 0 Å². The van der Waals surface area contributed by atoms with Crippen LogP contribution in [-0.2, 0) is 11.3 Å². The van der Waals surface area contributed by atoms with Crippen LogP contribution in [-0.4, -0.2) is 23.5 Å². The minimum absolute atomic E-state index is 0.222. The molecule has 0 unspecified atom stereocenters. The molecule has 0 N–H and O–H groups in total. The molecule has 0 fully saturated rings. The van der Waals surface area contributed by atoms with Crippen molar-refractivity contribution in [1.82, 2.24) is 4.90 Å². The van der Waals surface area contributed by atoms with Crippen LogP contribution >= 0.6 is 11.3 Å². The summed E-state index contributed by atoms with van der Waals surface area (Å²) in [6, 6.07) is 6.66. The highest BCUT2D eigenvalue weighted by Gasteiger charge is 2.32. The second-order valence-corrected chi connectivity index (χ2v) is 5.22. The van der Waals surface area contributed by atoms with Gasteiger partial charge in [-0.1, -0.05) is 6.07 Å². The fourth-order valence-corrected chi connectivity index (χ4v) is 2.28. The number of hydrogen-bond acceptors (Lipinski definition) is 3. The minimum Gasteiger partial charge on any atom is -0.467 e. The molecule has 0 radical (unpaired) electrons. The second kappa shape index (κ2) is 6.62. The van der Waals surface area contributed by atoms with Crippen molar-refractivity contribution in [1.29, 1.82) is 0 Å². The molecular weight excluding hydrogens is 303 g/mol. The first-order valence-electron chi connectivity index (χ1n) is 6.04. The van der Waals surface area contributed by atoms with Gasteiger partial charge in [-0.25, -0.2) is 0 Å². The summed E-state index contributed by atoms with van der Waals surface area (Å²) in [5.74, 6) is -0.408. The summed E-state index contributed by atoms with van der Waals surface area (Å²) in [4.78, 5) is 13.4. The first kappa shape index (κ1) is 15.4. The van der Waals surface area contributed by atoms with Crippen LogP contribution in [0.3, 0.4) is 0 Å². The molecule has 2 heterocycles. The predicted octanol–water partition coefficient (Wildman–Crippen LogP) is 3.95. The molecule has 1 amide bonds. The third-order valence-corrected chi connectivity index (χ3v) is 3.38. The number of amides is 1. The van der Waals surface area contributed by atoms with E-state index in [0.717, 1.165) is 11.0 Å². The van der Waals surface area contributed by atoms with E-state index in [9.17, 15) is 18.0 Å². The monoisotopic (exact) mass is 315 g/mol.